The van der Waals surface area contributed by atoms with E-state index in [4.69, 9.17) is 5.73 Å². The average molecular weight is 536 g/mol. The number of Topliss-reactive ketones (excluding diaryl/α,β-unsaturated/α-hetero) is 1. The van der Waals surface area contributed by atoms with E-state index in [0.29, 0.717) is 24.6 Å². The first-order valence-corrected chi connectivity index (χ1v) is 13.3. The first kappa shape index (κ1) is 27.4. The zero-order chi connectivity index (χ0) is 28.7. The van der Waals surface area contributed by atoms with E-state index in [-0.39, 0.29) is 40.1 Å². The van der Waals surface area contributed by atoms with Crippen LogP contribution in [0, 0.1) is 11.8 Å². The van der Waals surface area contributed by atoms with Gasteiger partial charge in [0.15, 0.2) is 0 Å². The summed E-state index contributed by atoms with van der Waals surface area (Å²) in [5.41, 5.74) is 5.31. The molecule has 1 saturated carbocycles. The summed E-state index contributed by atoms with van der Waals surface area (Å²) >= 11 is 0. The van der Waals surface area contributed by atoms with Crippen LogP contribution in [0.4, 0.5) is 5.69 Å². The van der Waals surface area contributed by atoms with Crippen molar-refractivity contribution in [1.82, 2.24) is 9.80 Å². The molecule has 1 fully saturated rings. The fourth-order valence-corrected chi connectivity index (χ4v) is 7.13. The number of aliphatic hydroxyl groups is 3. The molecule has 0 bridgehead atoms. The fraction of sp³-hybridized carbons (Fsp3) is 0.536. The number of benzene rings is 1. The molecule has 1 aromatic rings. The number of fused-ring (bicyclic) bond motifs is 3. The van der Waals surface area contributed by atoms with Gasteiger partial charge in [-0.2, -0.15) is 0 Å². The van der Waals surface area contributed by atoms with E-state index in [1.54, 1.807) is 25.1 Å². The molecule has 0 aromatic heterocycles. The van der Waals surface area contributed by atoms with E-state index in [0.717, 1.165) is 24.1 Å². The van der Waals surface area contributed by atoms with Gasteiger partial charge in [-0.3, -0.25) is 0 Å². The molecule has 4 aliphatic rings. The second kappa shape index (κ2) is 9.21. The molecule has 0 heterocycles. The minimum absolute atomic E-state index is 0.00651. The Morgan fingerprint density at radius 1 is 1.15 bits per heavy atom. The Bertz CT molecular complexity index is 1360. The van der Waals surface area contributed by atoms with E-state index in [9.17, 15) is 30.0 Å². The summed E-state index contributed by atoms with van der Waals surface area (Å²) < 4.78 is 0. The summed E-state index contributed by atoms with van der Waals surface area (Å²) in [6.07, 6.45) is 2.84. The maximum atomic E-state index is 14.0. The zero-order valence-corrected chi connectivity index (χ0v) is 23.2. The molecule has 5 rings (SSSR count). The normalized spacial score (nSPS) is 28.5. The van der Waals surface area contributed by atoms with E-state index in [1.165, 1.54) is 0 Å². The Hall–Kier alpha value is -3.15. The number of primary amides is 1. The number of aliphatic hydroxyl groups excluding tert-OH is 2. The van der Waals surface area contributed by atoms with Crippen molar-refractivity contribution in [3.8, 4) is 5.75 Å². The number of aromatic hydroxyl groups is 1. The Kier molecular flexibility index (Phi) is 6.48. The number of likely N-dealkylation sites (N-methyl/N-ethyl adjacent to an activating group) is 1. The molecule has 6 N–H and O–H groups in total. The summed E-state index contributed by atoms with van der Waals surface area (Å²) in [4.78, 5) is 32.2. The van der Waals surface area contributed by atoms with Crippen molar-refractivity contribution < 1.29 is 30.0 Å². The van der Waals surface area contributed by atoms with Crippen LogP contribution in [0.1, 0.15) is 40.7 Å². The van der Waals surface area contributed by atoms with Crippen molar-refractivity contribution in [2.24, 2.45) is 17.6 Å². The van der Waals surface area contributed by atoms with Crippen molar-refractivity contribution in [2.45, 2.75) is 49.9 Å². The van der Waals surface area contributed by atoms with Crippen LogP contribution in [0.25, 0.3) is 0 Å². The number of carbonyl (C=O) groups excluding carboxylic acids is 2. The Labute approximate surface area is 229 Å². The molecule has 4 atom stereocenters. The molecule has 0 unspecified atom stereocenters. The molecular formula is C28H37BN4O6. The number of hydrogen-bond acceptors (Lipinski definition) is 9. The summed E-state index contributed by atoms with van der Waals surface area (Å²) in [7, 11) is 13.1. The van der Waals surface area contributed by atoms with Crippen molar-refractivity contribution in [1.29, 1.82) is 0 Å². The number of carbonyl (C=O) groups is 2. The number of anilines is 1. The van der Waals surface area contributed by atoms with Gasteiger partial charge in [0.2, 0.25) is 0 Å². The molecule has 1 aromatic carbocycles. The van der Waals surface area contributed by atoms with Gasteiger partial charge >= 0.3 is 216 Å². The van der Waals surface area contributed by atoms with Gasteiger partial charge in [0, 0.05) is 0 Å². The summed E-state index contributed by atoms with van der Waals surface area (Å²) in [5.74, 6) is -3.96. The molecule has 0 aliphatic heterocycles. The predicted molar refractivity (Wildman–Crippen MR) is 150 cm³/mol. The number of allylic oxidation sites excluding steroid dienone is 1. The number of amides is 1. The fourth-order valence-electron chi connectivity index (χ4n) is 7.13. The van der Waals surface area contributed by atoms with Crippen LogP contribution < -0.4 is 10.6 Å². The standard InChI is InChI=1S/C28H37BN4O6/c1-31(2)21-13(11-33(5)14-6-7-14)10-17(34)19-15(21)8-12-9-16-22(32(3)4)24(36)20(27(30)38)25(29)28(16,39)26(37)18(12)23(19)35/h10,12,14,16,22,29,34,36-37,39H,6-9,11H2,1-5H3,(H2,30,38)/t12-,16-,22-,28+/m0/s1. The van der Waals surface area contributed by atoms with Crippen molar-refractivity contribution in [2.75, 3.05) is 40.1 Å². The number of phenols is 1. The third-order valence-corrected chi connectivity index (χ3v) is 9.00. The van der Waals surface area contributed by atoms with E-state index in [1.807, 2.05) is 19.0 Å². The monoisotopic (exact) mass is 536 g/mol. The first-order valence-electron chi connectivity index (χ1n) is 13.3. The van der Waals surface area contributed by atoms with Crippen LogP contribution in [-0.2, 0) is 17.8 Å². The molecule has 208 valence electrons. The quantitative estimate of drug-likeness (QED) is 0.323. The van der Waals surface area contributed by atoms with Crippen LogP contribution in [0.3, 0.4) is 0 Å². The van der Waals surface area contributed by atoms with Crippen LogP contribution in [0.2, 0.25) is 0 Å². The van der Waals surface area contributed by atoms with Crippen LogP contribution in [0.5, 0.6) is 5.75 Å². The summed E-state index contributed by atoms with van der Waals surface area (Å²) in [6.45, 7) is 0.616. The molecule has 1 amide bonds. The maximum absolute atomic E-state index is 14.0. The van der Waals surface area contributed by atoms with Gasteiger partial charge < -0.3 is 0 Å². The summed E-state index contributed by atoms with van der Waals surface area (Å²) in [6, 6.07) is 1.27. The zero-order valence-electron chi connectivity index (χ0n) is 23.2. The average Bonchev–Trinajstić information content (AvgIpc) is 3.66. The summed E-state index contributed by atoms with van der Waals surface area (Å²) in [5, 5.41) is 45.8. The third kappa shape index (κ3) is 3.93. The second-order valence-electron chi connectivity index (χ2n) is 11.9. The molecule has 4 aliphatic carbocycles. The van der Waals surface area contributed by atoms with Crippen LogP contribution in [0.15, 0.2) is 28.7 Å². The minimum atomic E-state index is -2.20. The van der Waals surface area contributed by atoms with Crippen LogP contribution in [-0.4, -0.2) is 108 Å². The van der Waals surface area contributed by atoms with Gasteiger partial charge in [-0.05, 0) is 12.8 Å². The van der Waals surface area contributed by atoms with Gasteiger partial charge in [0.25, 0.3) is 0 Å². The van der Waals surface area contributed by atoms with E-state index in [2.05, 4.69) is 19.4 Å². The molecule has 0 saturated heterocycles. The van der Waals surface area contributed by atoms with Gasteiger partial charge in [0.05, 0.1) is 0 Å². The molecule has 11 heteroatoms. The number of nitrogens with zero attached hydrogens (tertiary/aromatic N) is 3. The molecule has 10 nitrogen and oxygen atoms in total. The topological polar surface area (TPSA) is 151 Å². The predicted octanol–water partition coefficient (Wildman–Crippen LogP) is 0.285. The third-order valence-electron chi connectivity index (χ3n) is 9.00. The first-order chi connectivity index (χ1) is 18.2. The number of ketones is 1. The van der Waals surface area contributed by atoms with E-state index >= 15 is 0 Å². The van der Waals surface area contributed by atoms with Gasteiger partial charge in [-0.25, -0.2) is 0 Å². The molecule has 0 radical (unpaired) electrons. The number of nitrogens with two attached hydrogens (primary N) is 1. The SMILES string of the molecule is B=C1C(C(N)=O)=C(O)[C@@H](N(C)C)[C@@H]2C[C@@H]3Cc4c(c(O)cc(CN(C)C5CC5)c4N(C)C)C(=O)C3=C(O)[C@]12O. The van der Waals surface area contributed by atoms with E-state index < -0.39 is 40.9 Å². The Balaban J connectivity index is 1.68. The Morgan fingerprint density at radius 3 is 2.33 bits per heavy atom. The van der Waals surface area contributed by atoms with Gasteiger partial charge in [-0.1, -0.05) is 0 Å². The Morgan fingerprint density at radius 2 is 1.79 bits per heavy atom. The van der Waals surface area contributed by atoms with Crippen molar-refractivity contribution >= 4 is 30.3 Å². The molecule has 39 heavy (non-hydrogen) atoms. The van der Waals surface area contributed by atoms with Gasteiger partial charge in [0.1, 0.15) is 0 Å². The molecule has 0 spiro atoms. The van der Waals surface area contributed by atoms with Crippen LogP contribution >= 0.6 is 0 Å². The van der Waals surface area contributed by atoms with Crippen molar-refractivity contribution in [3.05, 3.63) is 45.4 Å². The molecular weight excluding hydrogens is 499 g/mol. The number of rotatable bonds is 6. The number of phenolic OH excluding ortho intramolecular Hbond substituents is 1. The van der Waals surface area contributed by atoms with Gasteiger partial charge in [-0.15, -0.1) is 0 Å². The number of hydrogen-bond donors (Lipinski definition) is 5. The van der Waals surface area contributed by atoms with Crippen molar-refractivity contribution in [3.63, 3.8) is 0 Å². The second-order valence-corrected chi connectivity index (χ2v) is 11.9.